The minimum absolute atomic E-state index is 0.176. The zero-order valence-corrected chi connectivity index (χ0v) is 13.5. The Bertz CT molecular complexity index is 609. The lowest BCUT2D eigenvalue weighted by Crippen LogP contribution is -2.36. The van der Waals surface area contributed by atoms with E-state index in [0.717, 1.165) is 53.9 Å². The van der Waals surface area contributed by atoms with Crippen molar-refractivity contribution in [1.29, 1.82) is 0 Å². The molecule has 22 heavy (non-hydrogen) atoms. The summed E-state index contributed by atoms with van der Waals surface area (Å²) >= 11 is 1.64. The first-order valence-electron chi connectivity index (χ1n) is 7.69. The topological polar surface area (TPSA) is 74.2 Å². The number of nitrogens with zero attached hydrogens (tertiary/aromatic N) is 4. The van der Waals surface area contributed by atoms with E-state index in [-0.39, 0.29) is 6.10 Å². The highest BCUT2D eigenvalue weighted by Gasteiger charge is 2.20. The molecule has 0 spiro atoms. The molecule has 3 rings (SSSR count). The van der Waals surface area contributed by atoms with Gasteiger partial charge in [0.05, 0.1) is 18.3 Å². The van der Waals surface area contributed by atoms with E-state index in [1.54, 1.807) is 11.3 Å². The van der Waals surface area contributed by atoms with Gasteiger partial charge in [0.2, 0.25) is 0 Å². The number of hydrogen-bond acceptors (Lipinski definition) is 7. The molecule has 7 heteroatoms. The zero-order valence-electron chi connectivity index (χ0n) is 12.7. The lowest BCUT2D eigenvalue weighted by Gasteiger charge is -2.31. The van der Waals surface area contributed by atoms with E-state index in [2.05, 4.69) is 32.3 Å². The second kappa shape index (κ2) is 7.02. The van der Waals surface area contributed by atoms with Crippen molar-refractivity contribution in [2.45, 2.75) is 38.8 Å². The van der Waals surface area contributed by atoms with E-state index in [0.29, 0.717) is 6.54 Å². The molecule has 0 unspecified atom stereocenters. The number of pyridine rings is 1. The Balaban J connectivity index is 1.68. The van der Waals surface area contributed by atoms with Crippen molar-refractivity contribution in [3.05, 3.63) is 28.3 Å². The molecule has 2 N–H and O–H groups in total. The van der Waals surface area contributed by atoms with Gasteiger partial charge in [-0.25, -0.2) is 4.98 Å². The van der Waals surface area contributed by atoms with Gasteiger partial charge in [0.1, 0.15) is 10.0 Å². The average Bonchev–Trinajstić information content (AvgIpc) is 3.02. The van der Waals surface area contributed by atoms with Crippen LogP contribution in [0, 0.1) is 0 Å². The van der Waals surface area contributed by atoms with Crippen LogP contribution in [0.25, 0.3) is 0 Å². The van der Waals surface area contributed by atoms with Crippen LogP contribution in [0.3, 0.4) is 0 Å². The number of rotatable bonds is 5. The van der Waals surface area contributed by atoms with E-state index >= 15 is 0 Å². The summed E-state index contributed by atoms with van der Waals surface area (Å²) in [4.78, 5) is 6.74. The monoisotopic (exact) mass is 319 g/mol. The molecule has 3 heterocycles. The molecule has 0 atom stereocenters. The van der Waals surface area contributed by atoms with Crippen LogP contribution in [-0.4, -0.2) is 39.5 Å². The van der Waals surface area contributed by atoms with E-state index in [9.17, 15) is 5.11 Å². The van der Waals surface area contributed by atoms with Gasteiger partial charge in [0.15, 0.2) is 5.82 Å². The smallest absolute Gasteiger partial charge is 0.151 e. The maximum absolute atomic E-state index is 9.64. The molecule has 1 aliphatic heterocycles. The quantitative estimate of drug-likeness (QED) is 0.879. The highest BCUT2D eigenvalue weighted by molar-refractivity contribution is 7.11. The minimum Gasteiger partial charge on any atom is -0.393 e. The Hall–Kier alpha value is -1.73. The maximum atomic E-state index is 9.64. The summed E-state index contributed by atoms with van der Waals surface area (Å²) in [5, 5.41) is 23.4. The lowest BCUT2D eigenvalue weighted by atomic mass is 10.1. The Morgan fingerprint density at radius 3 is 2.82 bits per heavy atom. The number of aliphatic hydroxyl groups excluding tert-OH is 1. The second-order valence-electron chi connectivity index (χ2n) is 5.39. The Kier molecular flexibility index (Phi) is 4.84. The van der Waals surface area contributed by atoms with Crippen molar-refractivity contribution in [3.8, 4) is 0 Å². The zero-order chi connectivity index (χ0) is 15.4. The third-order valence-electron chi connectivity index (χ3n) is 3.79. The van der Waals surface area contributed by atoms with Gasteiger partial charge in [-0.05, 0) is 31.4 Å². The summed E-state index contributed by atoms with van der Waals surface area (Å²) < 4.78 is 0. The van der Waals surface area contributed by atoms with Crippen molar-refractivity contribution >= 4 is 22.8 Å². The lowest BCUT2D eigenvalue weighted by molar-refractivity contribution is 0.145. The number of piperidine rings is 1. The number of aliphatic hydroxyl groups is 1. The fourth-order valence-corrected chi connectivity index (χ4v) is 3.26. The highest BCUT2D eigenvalue weighted by Crippen LogP contribution is 2.26. The van der Waals surface area contributed by atoms with Crippen molar-refractivity contribution in [2.75, 3.05) is 23.3 Å². The molecule has 2 aromatic heterocycles. The fraction of sp³-hybridized carbons (Fsp3) is 0.533. The van der Waals surface area contributed by atoms with Gasteiger partial charge in [0, 0.05) is 19.3 Å². The van der Waals surface area contributed by atoms with Gasteiger partial charge in [-0.3, -0.25) is 0 Å². The molecule has 1 fully saturated rings. The Morgan fingerprint density at radius 2 is 2.09 bits per heavy atom. The van der Waals surface area contributed by atoms with Crippen molar-refractivity contribution < 1.29 is 5.11 Å². The summed E-state index contributed by atoms with van der Waals surface area (Å²) in [6.07, 6.45) is 4.15. The van der Waals surface area contributed by atoms with E-state index in [4.69, 9.17) is 0 Å². The fourth-order valence-electron chi connectivity index (χ4n) is 2.54. The maximum Gasteiger partial charge on any atom is 0.151 e. The second-order valence-corrected chi connectivity index (χ2v) is 6.54. The molecular weight excluding hydrogens is 298 g/mol. The number of aryl methyl sites for hydroxylation is 1. The molecular formula is C15H21N5OS. The Morgan fingerprint density at radius 1 is 1.32 bits per heavy atom. The minimum atomic E-state index is -0.176. The standard InChI is InChI=1S/C15H21N5OS/c1-2-13-18-19-14(22-13)10-17-12-4-3-7-16-15(12)20-8-5-11(21)6-9-20/h3-4,7,11,17,21H,2,5-6,8-10H2,1H3. The van der Waals surface area contributed by atoms with Crippen LogP contribution in [0.15, 0.2) is 18.3 Å². The summed E-state index contributed by atoms with van der Waals surface area (Å²) in [7, 11) is 0. The van der Waals surface area contributed by atoms with Crippen LogP contribution in [0.2, 0.25) is 0 Å². The van der Waals surface area contributed by atoms with Crippen molar-refractivity contribution in [2.24, 2.45) is 0 Å². The third kappa shape index (κ3) is 3.53. The summed E-state index contributed by atoms with van der Waals surface area (Å²) in [6.45, 7) is 4.42. The number of hydrogen-bond donors (Lipinski definition) is 2. The number of anilines is 2. The first kappa shape index (κ1) is 15.2. The molecule has 0 amide bonds. The average molecular weight is 319 g/mol. The van der Waals surface area contributed by atoms with Gasteiger partial charge < -0.3 is 15.3 Å². The van der Waals surface area contributed by atoms with Gasteiger partial charge in [-0.2, -0.15) is 0 Å². The molecule has 118 valence electrons. The van der Waals surface area contributed by atoms with Crippen molar-refractivity contribution in [1.82, 2.24) is 15.2 Å². The van der Waals surface area contributed by atoms with Crippen LogP contribution in [0.1, 0.15) is 29.8 Å². The number of nitrogens with one attached hydrogen (secondary N) is 1. The van der Waals surface area contributed by atoms with Crippen LogP contribution in [0.5, 0.6) is 0 Å². The van der Waals surface area contributed by atoms with Gasteiger partial charge in [-0.1, -0.05) is 18.3 Å². The van der Waals surface area contributed by atoms with Crippen LogP contribution in [-0.2, 0) is 13.0 Å². The molecule has 0 aromatic carbocycles. The third-order valence-corrected chi connectivity index (χ3v) is 4.86. The predicted octanol–water partition coefficient (Wildman–Crippen LogP) is 2.07. The molecule has 0 radical (unpaired) electrons. The molecule has 6 nitrogen and oxygen atoms in total. The molecule has 0 saturated carbocycles. The molecule has 0 bridgehead atoms. The van der Waals surface area contributed by atoms with Crippen LogP contribution >= 0.6 is 11.3 Å². The largest absolute Gasteiger partial charge is 0.393 e. The first-order chi connectivity index (χ1) is 10.8. The predicted molar refractivity (Wildman–Crippen MR) is 88.3 cm³/mol. The Labute approximate surface area is 134 Å². The van der Waals surface area contributed by atoms with Gasteiger partial charge in [-0.15, -0.1) is 10.2 Å². The van der Waals surface area contributed by atoms with E-state index in [1.165, 1.54) is 0 Å². The first-order valence-corrected chi connectivity index (χ1v) is 8.51. The van der Waals surface area contributed by atoms with E-state index < -0.39 is 0 Å². The SMILES string of the molecule is CCc1nnc(CNc2cccnc2N2CCC(O)CC2)s1. The van der Waals surface area contributed by atoms with E-state index in [1.807, 2.05) is 18.3 Å². The molecule has 1 aliphatic rings. The summed E-state index contributed by atoms with van der Waals surface area (Å²) in [5.41, 5.74) is 1.01. The van der Waals surface area contributed by atoms with Gasteiger partial charge >= 0.3 is 0 Å². The van der Waals surface area contributed by atoms with Gasteiger partial charge in [0.25, 0.3) is 0 Å². The van der Waals surface area contributed by atoms with Crippen LogP contribution < -0.4 is 10.2 Å². The molecule has 1 saturated heterocycles. The van der Waals surface area contributed by atoms with Crippen LogP contribution in [0.4, 0.5) is 11.5 Å². The summed E-state index contributed by atoms with van der Waals surface area (Å²) in [6, 6.07) is 3.97. The highest BCUT2D eigenvalue weighted by atomic mass is 32.1. The number of aromatic nitrogens is 3. The van der Waals surface area contributed by atoms with Crippen molar-refractivity contribution in [3.63, 3.8) is 0 Å². The molecule has 0 aliphatic carbocycles. The summed E-state index contributed by atoms with van der Waals surface area (Å²) in [5.74, 6) is 0.953. The molecule has 2 aromatic rings. The normalized spacial score (nSPS) is 16.0.